The fourth-order valence-electron chi connectivity index (χ4n) is 2.33. The lowest BCUT2D eigenvalue weighted by Gasteiger charge is -2.10. The summed E-state index contributed by atoms with van der Waals surface area (Å²) in [6.07, 6.45) is 1.30. The van der Waals surface area contributed by atoms with Gasteiger partial charge in [-0.05, 0) is 25.5 Å². The van der Waals surface area contributed by atoms with E-state index in [1.54, 1.807) is 0 Å². The first kappa shape index (κ1) is 16.0. The number of likely N-dealkylation sites (N-methyl/N-ethyl adjacent to an activating group) is 1. The topological polar surface area (TPSA) is 76.0 Å². The molecule has 1 aromatic heterocycles. The fraction of sp³-hybridized carbons (Fsp3) is 0.438. The first-order chi connectivity index (χ1) is 10.7. The molecule has 118 valence electrons. The predicted octanol–water partition coefficient (Wildman–Crippen LogP) is 1.59. The van der Waals surface area contributed by atoms with Gasteiger partial charge in [-0.2, -0.15) is 0 Å². The van der Waals surface area contributed by atoms with Crippen molar-refractivity contribution in [1.82, 2.24) is 20.2 Å². The zero-order valence-corrected chi connectivity index (χ0v) is 13.1. The summed E-state index contributed by atoms with van der Waals surface area (Å²) in [7, 11) is 0. The summed E-state index contributed by atoms with van der Waals surface area (Å²) in [6.45, 7) is 4.97. The van der Waals surface area contributed by atoms with Gasteiger partial charge in [0.05, 0.1) is 17.6 Å². The Bertz CT molecular complexity index is 663. The van der Waals surface area contributed by atoms with Gasteiger partial charge in [0.1, 0.15) is 12.4 Å². The van der Waals surface area contributed by atoms with Gasteiger partial charge in [-0.1, -0.05) is 19.1 Å². The Morgan fingerprint density at radius 2 is 1.91 bits per heavy atom. The number of carbonyl (C=O) groups excluding carboxylic acids is 2. The molecule has 0 aliphatic rings. The van der Waals surface area contributed by atoms with Gasteiger partial charge in [-0.15, -0.1) is 0 Å². The van der Waals surface area contributed by atoms with E-state index in [2.05, 4.69) is 15.6 Å². The Balaban J connectivity index is 2.23. The molecule has 22 heavy (non-hydrogen) atoms. The Labute approximate surface area is 129 Å². The molecule has 0 aliphatic heterocycles. The van der Waals surface area contributed by atoms with Crippen LogP contribution in [0, 0.1) is 0 Å². The van der Waals surface area contributed by atoms with Crippen LogP contribution in [0.3, 0.4) is 0 Å². The lowest BCUT2D eigenvalue weighted by atomic mass is 10.3. The lowest BCUT2D eigenvalue weighted by Crippen LogP contribution is -2.29. The number of imidazole rings is 1. The van der Waals surface area contributed by atoms with Gasteiger partial charge < -0.3 is 15.2 Å². The van der Waals surface area contributed by atoms with Crippen molar-refractivity contribution in [1.29, 1.82) is 0 Å². The predicted molar refractivity (Wildman–Crippen MR) is 85.2 cm³/mol. The zero-order valence-electron chi connectivity index (χ0n) is 13.1. The molecule has 0 radical (unpaired) electrons. The minimum atomic E-state index is -0.0632. The minimum Gasteiger partial charge on any atom is -0.355 e. The van der Waals surface area contributed by atoms with Gasteiger partial charge in [-0.3, -0.25) is 9.59 Å². The van der Waals surface area contributed by atoms with E-state index in [0.717, 1.165) is 17.5 Å². The van der Waals surface area contributed by atoms with E-state index in [1.165, 1.54) is 0 Å². The zero-order chi connectivity index (χ0) is 15.9. The Morgan fingerprint density at radius 3 is 2.64 bits per heavy atom. The quantitative estimate of drug-likeness (QED) is 0.815. The number of para-hydroxylation sites is 2. The molecule has 6 nitrogen and oxygen atoms in total. The number of carbonyl (C=O) groups is 2. The first-order valence-corrected chi connectivity index (χ1v) is 7.63. The van der Waals surface area contributed by atoms with Gasteiger partial charge in [-0.25, -0.2) is 4.98 Å². The highest BCUT2D eigenvalue weighted by molar-refractivity contribution is 5.81. The molecule has 2 aromatic rings. The van der Waals surface area contributed by atoms with E-state index in [9.17, 15) is 9.59 Å². The number of fused-ring (bicyclic) bond motifs is 1. The molecule has 2 N–H and O–H groups in total. The van der Waals surface area contributed by atoms with Crippen LogP contribution >= 0.6 is 0 Å². The monoisotopic (exact) mass is 302 g/mol. The second kappa shape index (κ2) is 7.59. The van der Waals surface area contributed by atoms with Crippen LogP contribution in [0.5, 0.6) is 0 Å². The third kappa shape index (κ3) is 3.84. The Morgan fingerprint density at radius 1 is 1.14 bits per heavy atom. The number of rotatable bonds is 7. The molecule has 2 amide bonds. The van der Waals surface area contributed by atoms with Crippen LogP contribution in [0.25, 0.3) is 11.0 Å². The molecule has 0 atom stereocenters. The molecule has 1 heterocycles. The van der Waals surface area contributed by atoms with Crippen molar-refractivity contribution in [2.75, 3.05) is 6.54 Å². The highest BCUT2D eigenvalue weighted by Crippen LogP contribution is 2.16. The van der Waals surface area contributed by atoms with Crippen molar-refractivity contribution in [3.05, 3.63) is 30.1 Å². The molecule has 0 aliphatic carbocycles. The van der Waals surface area contributed by atoms with E-state index in [4.69, 9.17) is 0 Å². The molecule has 0 fully saturated rings. The van der Waals surface area contributed by atoms with Crippen LogP contribution < -0.4 is 10.6 Å². The minimum absolute atomic E-state index is 0.000819. The Hall–Kier alpha value is -2.37. The largest absolute Gasteiger partial charge is 0.355 e. The number of hydrogen-bond acceptors (Lipinski definition) is 3. The SMILES string of the molecule is CCCC(=O)NCc1nc2ccccc2n1CC(=O)NCC. The molecule has 0 saturated heterocycles. The molecular formula is C16H22N4O2. The summed E-state index contributed by atoms with van der Waals surface area (Å²) in [5.41, 5.74) is 1.72. The molecule has 0 unspecified atom stereocenters. The summed E-state index contributed by atoms with van der Waals surface area (Å²) in [6, 6.07) is 7.66. The molecule has 0 saturated carbocycles. The maximum absolute atomic E-state index is 11.9. The van der Waals surface area contributed by atoms with Gasteiger partial charge >= 0.3 is 0 Å². The van der Waals surface area contributed by atoms with E-state index in [0.29, 0.717) is 25.3 Å². The Kier molecular flexibility index (Phi) is 5.52. The second-order valence-electron chi connectivity index (χ2n) is 5.08. The fourth-order valence-corrected chi connectivity index (χ4v) is 2.33. The van der Waals surface area contributed by atoms with Crippen molar-refractivity contribution < 1.29 is 9.59 Å². The number of aromatic nitrogens is 2. The third-order valence-electron chi connectivity index (χ3n) is 3.33. The number of benzene rings is 1. The van der Waals surface area contributed by atoms with Gasteiger partial charge in [0.25, 0.3) is 0 Å². The number of amides is 2. The maximum atomic E-state index is 11.9. The molecule has 0 spiro atoms. The van der Waals surface area contributed by atoms with Crippen molar-refractivity contribution in [3.8, 4) is 0 Å². The molecule has 2 rings (SSSR count). The maximum Gasteiger partial charge on any atom is 0.239 e. The van der Waals surface area contributed by atoms with E-state index in [1.807, 2.05) is 42.7 Å². The van der Waals surface area contributed by atoms with Crippen LogP contribution in [0.4, 0.5) is 0 Å². The number of hydrogen-bond donors (Lipinski definition) is 2. The average molecular weight is 302 g/mol. The molecule has 0 bridgehead atoms. The summed E-state index contributed by atoms with van der Waals surface area (Å²) in [5.74, 6) is 0.628. The van der Waals surface area contributed by atoms with E-state index in [-0.39, 0.29) is 18.4 Å². The summed E-state index contributed by atoms with van der Waals surface area (Å²) in [5, 5.41) is 5.64. The van der Waals surface area contributed by atoms with Crippen LogP contribution in [0.15, 0.2) is 24.3 Å². The van der Waals surface area contributed by atoms with Gasteiger partial charge in [0.15, 0.2) is 0 Å². The van der Waals surface area contributed by atoms with Gasteiger partial charge in [0.2, 0.25) is 11.8 Å². The lowest BCUT2D eigenvalue weighted by molar-refractivity contribution is -0.121. The van der Waals surface area contributed by atoms with E-state index < -0.39 is 0 Å². The highest BCUT2D eigenvalue weighted by Gasteiger charge is 2.13. The molecule has 1 aromatic carbocycles. The normalized spacial score (nSPS) is 10.6. The summed E-state index contributed by atoms with van der Waals surface area (Å²) < 4.78 is 1.85. The third-order valence-corrected chi connectivity index (χ3v) is 3.33. The van der Waals surface area contributed by atoms with Crippen LogP contribution in [0.2, 0.25) is 0 Å². The molecule has 6 heteroatoms. The summed E-state index contributed by atoms with van der Waals surface area (Å²) >= 11 is 0. The first-order valence-electron chi connectivity index (χ1n) is 7.63. The van der Waals surface area contributed by atoms with Crippen LogP contribution in [0.1, 0.15) is 32.5 Å². The van der Waals surface area contributed by atoms with Gasteiger partial charge in [0, 0.05) is 13.0 Å². The van der Waals surface area contributed by atoms with Crippen molar-refractivity contribution >= 4 is 22.8 Å². The molecular weight excluding hydrogens is 280 g/mol. The number of nitrogens with zero attached hydrogens (tertiary/aromatic N) is 2. The van der Waals surface area contributed by atoms with E-state index >= 15 is 0 Å². The van der Waals surface area contributed by atoms with Crippen LogP contribution in [-0.2, 0) is 22.7 Å². The second-order valence-corrected chi connectivity index (χ2v) is 5.08. The number of nitrogens with one attached hydrogen (secondary N) is 2. The van der Waals surface area contributed by atoms with Crippen molar-refractivity contribution in [3.63, 3.8) is 0 Å². The highest BCUT2D eigenvalue weighted by atomic mass is 16.2. The van der Waals surface area contributed by atoms with Crippen LogP contribution in [-0.4, -0.2) is 27.9 Å². The average Bonchev–Trinajstić information content (AvgIpc) is 2.84. The van der Waals surface area contributed by atoms with Crippen molar-refractivity contribution in [2.45, 2.75) is 39.8 Å². The van der Waals surface area contributed by atoms with Crippen molar-refractivity contribution in [2.24, 2.45) is 0 Å². The standard InChI is InChI=1S/C16H22N4O2/c1-3-7-15(21)18-10-14-19-12-8-5-6-9-13(12)20(14)11-16(22)17-4-2/h5-6,8-9H,3-4,7,10-11H2,1-2H3,(H,17,22)(H,18,21). The summed E-state index contributed by atoms with van der Waals surface area (Å²) in [4.78, 5) is 28.1. The smallest absolute Gasteiger partial charge is 0.239 e.